The average molecular weight is 196 g/mol. The predicted octanol–water partition coefficient (Wildman–Crippen LogP) is 2.87. The van der Waals surface area contributed by atoms with Crippen molar-refractivity contribution in [2.24, 2.45) is 0 Å². The van der Waals surface area contributed by atoms with Crippen LogP contribution in [0.15, 0.2) is 18.2 Å². The van der Waals surface area contributed by atoms with Crippen LogP contribution < -0.4 is 4.74 Å². The molecule has 0 bridgehead atoms. The quantitative estimate of drug-likeness (QED) is 0.729. The van der Waals surface area contributed by atoms with E-state index in [1.54, 1.807) is 7.11 Å². The number of hydrogen-bond donors (Lipinski definition) is 1. The van der Waals surface area contributed by atoms with Gasteiger partial charge in [-0.25, -0.2) is 0 Å². The number of rotatable bonds is 4. The molecule has 0 aliphatic rings. The fourth-order valence-corrected chi connectivity index (χ4v) is 1.54. The molecule has 1 nitrogen and oxygen atoms in total. The molecule has 0 saturated heterocycles. The lowest BCUT2D eigenvalue weighted by Gasteiger charge is -2.06. The van der Waals surface area contributed by atoms with Gasteiger partial charge in [0.15, 0.2) is 0 Å². The van der Waals surface area contributed by atoms with Crippen LogP contribution in [0.5, 0.6) is 5.75 Å². The molecule has 0 amide bonds. The van der Waals surface area contributed by atoms with Crippen molar-refractivity contribution in [1.82, 2.24) is 0 Å². The first-order valence-corrected chi connectivity index (χ1v) is 5.15. The van der Waals surface area contributed by atoms with Crippen LogP contribution in [0.1, 0.15) is 17.5 Å². The van der Waals surface area contributed by atoms with Gasteiger partial charge in [-0.1, -0.05) is 12.1 Å². The number of ether oxygens (including phenoxy) is 1. The lowest BCUT2D eigenvalue weighted by atomic mass is 10.1. The third-order valence-corrected chi connectivity index (χ3v) is 2.40. The minimum atomic E-state index is 0.949. The van der Waals surface area contributed by atoms with Gasteiger partial charge in [-0.05, 0) is 42.7 Å². The van der Waals surface area contributed by atoms with E-state index >= 15 is 0 Å². The first-order valence-electron chi connectivity index (χ1n) is 4.52. The molecule has 0 N–H and O–H groups in total. The van der Waals surface area contributed by atoms with E-state index in [4.69, 9.17) is 4.74 Å². The summed E-state index contributed by atoms with van der Waals surface area (Å²) >= 11 is 4.19. The van der Waals surface area contributed by atoms with Gasteiger partial charge in [0.25, 0.3) is 0 Å². The molecule has 13 heavy (non-hydrogen) atoms. The normalized spacial score (nSPS) is 10.1. The summed E-state index contributed by atoms with van der Waals surface area (Å²) in [5.41, 5.74) is 2.58. The largest absolute Gasteiger partial charge is 0.496 e. The lowest BCUT2D eigenvalue weighted by Crippen LogP contribution is -1.91. The highest BCUT2D eigenvalue weighted by Gasteiger charge is 1.98. The molecule has 2 heteroatoms. The van der Waals surface area contributed by atoms with Crippen molar-refractivity contribution < 1.29 is 4.74 Å². The van der Waals surface area contributed by atoms with E-state index in [0.29, 0.717) is 0 Å². The fraction of sp³-hybridized carbons (Fsp3) is 0.455. The molecule has 0 aromatic heterocycles. The smallest absolute Gasteiger partial charge is 0.121 e. The van der Waals surface area contributed by atoms with Gasteiger partial charge in [0.05, 0.1) is 7.11 Å². The van der Waals surface area contributed by atoms with E-state index in [1.165, 1.54) is 11.1 Å². The summed E-state index contributed by atoms with van der Waals surface area (Å²) in [4.78, 5) is 0. The number of aryl methyl sites for hydroxylation is 2. The summed E-state index contributed by atoms with van der Waals surface area (Å²) in [6.07, 6.45) is 2.24. The Labute approximate surface area is 85.5 Å². The summed E-state index contributed by atoms with van der Waals surface area (Å²) in [6.45, 7) is 2.07. The Balaban J connectivity index is 2.71. The molecule has 0 atom stereocenters. The summed E-state index contributed by atoms with van der Waals surface area (Å²) in [6, 6.07) is 6.33. The number of benzene rings is 1. The van der Waals surface area contributed by atoms with Crippen LogP contribution in [0.3, 0.4) is 0 Å². The molecule has 1 rings (SSSR count). The van der Waals surface area contributed by atoms with Crippen LogP contribution in [0, 0.1) is 6.92 Å². The Hall–Kier alpha value is -0.630. The Bertz CT molecular complexity index is 271. The summed E-state index contributed by atoms with van der Waals surface area (Å²) in [5.74, 6) is 1.92. The van der Waals surface area contributed by atoms with Gasteiger partial charge in [0.1, 0.15) is 5.75 Å². The van der Waals surface area contributed by atoms with Crippen LogP contribution in [-0.4, -0.2) is 12.9 Å². The van der Waals surface area contributed by atoms with Gasteiger partial charge in [-0.2, -0.15) is 12.6 Å². The van der Waals surface area contributed by atoms with Crippen molar-refractivity contribution in [2.45, 2.75) is 19.8 Å². The molecule has 72 valence electrons. The van der Waals surface area contributed by atoms with Crippen molar-refractivity contribution in [1.29, 1.82) is 0 Å². The van der Waals surface area contributed by atoms with E-state index < -0.39 is 0 Å². The van der Waals surface area contributed by atoms with Gasteiger partial charge in [-0.15, -0.1) is 0 Å². The van der Waals surface area contributed by atoms with E-state index in [-0.39, 0.29) is 0 Å². The van der Waals surface area contributed by atoms with Gasteiger partial charge >= 0.3 is 0 Å². The van der Waals surface area contributed by atoms with E-state index in [9.17, 15) is 0 Å². The molecule has 0 unspecified atom stereocenters. The highest BCUT2D eigenvalue weighted by atomic mass is 32.1. The summed E-state index contributed by atoms with van der Waals surface area (Å²) < 4.78 is 5.19. The number of hydrogen-bond acceptors (Lipinski definition) is 2. The second-order valence-electron chi connectivity index (χ2n) is 3.13. The van der Waals surface area contributed by atoms with Gasteiger partial charge < -0.3 is 4.74 Å². The minimum Gasteiger partial charge on any atom is -0.496 e. The molecular weight excluding hydrogens is 180 g/mol. The topological polar surface area (TPSA) is 9.23 Å². The monoisotopic (exact) mass is 196 g/mol. The maximum Gasteiger partial charge on any atom is 0.121 e. The first-order chi connectivity index (χ1) is 6.27. The van der Waals surface area contributed by atoms with Crippen LogP contribution in [0.2, 0.25) is 0 Å². The Morgan fingerprint density at radius 2 is 2.15 bits per heavy atom. The molecule has 0 spiro atoms. The molecule has 0 saturated carbocycles. The van der Waals surface area contributed by atoms with Crippen LogP contribution in [0.25, 0.3) is 0 Å². The highest BCUT2D eigenvalue weighted by molar-refractivity contribution is 7.80. The third kappa shape index (κ3) is 2.96. The predicted molar refractivity (Wildman–Crippen MR) is 59.9 cm³/mol. The summed E-state index contributed by atoms with van der Waals surface area (Å²) in [7, 11) is 1.70. The number of methoxy groups -OCH3 is 1. The van der Waals surface area contributed by atoms with Crippen molar-refractivity contribution in [2.75, 3.05) is 12.9 Å². The molecule has 0 radical (unpaired) electrons. The van der Waals surface area contributed by atoms with Gasteiger partial charge in [-0.3, -0.25) is 0 Å². The highest BCUT2D eigenvalue weighted by Crippen LogP contribution is 2.19. The third-order valence-electron chi connectivity index (χ3n) is 2.08. The maximum absolute atomic E-state index is 5.19. The van der Waals surface area contributed by atoms with Crippen molar-refractivity contribution in [3.05, 3.63) is 29.3 Å². The Kier molecular flexibility index (Phi) is 4.16. The molecule has 0 heterocycles. The van der Waals surface area contributed by atoms with E-state index in [2.05, 4.69) is 31.7 Å². The zero-order chi connectivity index (χ0) is 9.68. The Morgan fingerprint density at radius 1 is 1.38 bits per heavy atom. The van der Waals surface area contributed by atoms with Crippen LogP contribution >= 0.6 is 12.6 Å². The fourth-order valence-electron chi connectivity index (χ4n) is 1.38. The molecule has 0 fully saturated rings. The molecule has 0 aliphatic heterocycles. The second-order valence-corrected chi connectivity index (χ2v) is 3.58. The average Bonchev–Trinajstić information content (AvgIpc) is 2.15. The molecule has 1 aromatic carbocycles. The van der Waals surface area contributed by atoms with Gasteiger partial charge in [0, 0.05) is 0 Å². The number of thiol groups is 1. The lowest BCUT2D eigenvalue weighted by molar-refractivity contribution is 0.411. The standard InChI is InChI=1S/C11H16OS/c1-9-8-10(4-3-7-13)5-6-11(9)12-2/h5-6,8,13H,3-4,7H2,1-2H3. The van der Waals surface area contributed by atoms with Crippen molar-refractivity contribution >= 4 is 12.6 Å². The molecule has 1 aromatic rings. The minimum absolute atomic E-state index is 0.949. The molecular formula is C11H16OS. The van der Waals surface area contributed by atoms with E-state index in [1.807, 2.05) is 6.07 Å². The van der Waals surface area contributed by atoms with Crippen LogP contribution in [-0.2, 0) is 6.42 Å². The summed E-state index contributed by atoms with van der Waals surface area (Å²) in [5, 5.41) is 0. The Morgan fingerprint density at radius 3 is 2.69 bits per heavy atom. The van der Waals surface area contributed by atoms with Crippen molar-refractivity contribution in [3.8, 4) is 5.75 Å². The van der Waals surface area contributed by atoms with E-state index in [0.717, 1.165) is 24.3 Å². The maximum atomic E-state index is 5.19. The zero-order valence-electron chi connectivity index (χ0n) is 8.21. The van der Waals surface area contributed by atoms with Crippen molar-refractivity contribution in [3.63, 3.8) is 0 Å². The first kappa shape index (κ1) is 10.5. The van der Waals surface area contributed by atoms with Gasteiger partial charge in [0.2, 0.25) is 0 Å². The van der Waals surface area contributed by atoms with Crippen LogP contribution in [0.4, 0.5) is 0 Å². The molecule has 0 aliphatic carbocycles. The zero-order valence-corrected chi connectivity index (χ0v) is 9.10. The second kappa shape index (κ2) is 5.18. The SMILES string of the molecule is COc1ccc(CCCS)cc1C.